The number of halogens is 1. The zero-order valence-corrected chi connectivity index (χ0v) is 12.0. The lowest BCUT2D eigenvalue weighted by atomic mass is 10.1. The van der Waals surface area contributed by atoms with Crippen molar-refractivity contribution in [3.05, 3.63) is 59.4 Å². The lowest BCUT2D eigenvalue weighted by molar-refractivity contribution is 0.575. The predicted molar refractivity (Wildman–Crippen MR) is 81.2 cm³/mol. The topological polar surface area (TPSA) is 50.9 Å². The number of benzene rings is 1. The standard InChI is InChI=1S/C14H16ClN3S/c15-14-9-17-7-6-11(14)8-12(18-16)10-19-13-4-2-1-3-5-13/h1-7,9,12,18H,8,10,16H2. The average molecular weight is 294 g/mol. The number of nitrogens with two attached hydrogens (primary N) is 1. The summed E-state index contributed by atoms with van der Waals surface area (Å²) in [6.07, 6.45) is 4.20. The van der Waals surface area contributed by atoms with E-state index >= 15 is 0 Å². The minimum Gasteiger partial charge on any atom is -0.271 e. The van der Waals surface area contributed by atoms with Crippen molar-refractivity contribution in [3.8, 4) is 0 Å². The van der Waals surface area contributed by atoms with Crippen molar-refractivity contribution in [1.82, 2.24) is 10.4 Å². The summed E-state index contributed by atoms with van der Waals surface area (Å²) in [5, 5.41) is 0.687. The summed E-state index contributed by atoms with van der Waals surface area (Å²) in [6, 6.07) is 12.4. The summed E-state index contributed by atoms with van der Waals surface area (Å²) in [4.78, 5) is 5.22. The molecule has 3 N–H and O–H groups in total. The van der Waals surface area contributed by atoms with Crippen LogP contribution in [0.25, 0.3) is 0 Å². The molecule has 0 aliphatic rings. The normalized spacial score (nSPS) is 12.3. The van der Waals surface area contributed by atoms with E-state index in [0.29, 0.717) is 5.02 Å². The Kier molecular flexibility index (Phi) is 5.66. The third-order valence-corrected chi connectivity index (χ3v) is 4.27. The number of hydrogen-bond donors (Lipinski definition) is 2. The molecule has 0 amide bonds. The van der Waals surface area contributed by atoms with Gasteiger partial charge in [-0.15, -0.1) is 11.8 Å². The van der Waals surface area contributed by atoms with Gasteiger partial charge >= 0.3 is 0 Å². The molecule has 0 saturated carbocycles. The minimum atomic E-state index is 0.171. The van der Waals surface area contributed by atoms with E-state index in [0.717, 1.165) is 17.7 Å². The lowest BCUT2D eigenvalue weighted by Gasteiger charge is -2.16. The second-order valence-electron chi connectivity index (χ2n) is 4.16. The molecule has 1 unspecified atom stereocenters. The molecule has 0 bridgehead atoms. The first-order valence-corrected chi connectivity index (χ1v) is 7.38. The fourth-order valence-electron chi connectivity index (χ4n) is 1.71. The number of rotatable bonds is 6. The third kappa shape index (κ3) is 4.51. The van der Waals surface area contributed by atoms with Crippen LogP contribution in [0.15, 0.2) is 53.7 Å². The Bertz CT molecular complexity index is 507. The monoisotopic (exact) mass is 293 g/mol. The van der Waals surface area contributed by atoms with Crippen molar-refractivity contribution in [2.45, 2.75) is 17.4 Å². The summed E-state index contributed by atoms with van der Waals surface area (Å²) in [6.45, 7) is 0. The van der Waals surface area contributed by atoms with Gasteiger partial charge in [0.1, 0.15) is 0 Å². The molecule has 0 fully saturated rings. The maximum Gasteiger partial charge on any atom is 0.0621 e. The van der Waals surface area contributed by atoms with Crippen LogP contribution < -0.4 is 11.3 Å². The van der Waals surface area contributed by atoms with E-state index in [4.69, 9.17) is 17.4 Å². The van der Waals surface area contributed by atoms with Crippen molar-refractivity contribution in [2.24, 2.45) is 5.84 Å². The van der Waals surface area contributed by atoms with Crippen LogP contribution in [-0.4, -0.2) is 16.8 Å². The van der Waals surface area contributed by atoms with Crippen LogP contribution in [0.3, 0.4) is 0 Å². The van der Waals surface area contributed by atoms with Crippen LogP contribution in [0.1, 0.15) is 5.56 Å². The van der Waals surface area contributed by atoms with Gasteiger partial charge < -0.3 is 0 Å². The zero-order valence-electron chi connectivity index (χ0n) is 10.4. The molecule has 0 aliphatic carbocycles. The smallest absolute Gasteiger partial charge is 0.0621 e. The molecule has 5 heteroatoms. The molecule has 3 nitrogen and oxygen atoms in total. The van der Waals surface area contributed by atoms with E-state index in [1.54, 1.807) is 24.2 Å². The SMILES string of the molecule is NNC(CSc1ccccc1)Cc1ccncc1Cl. The van der Waals surface area contributed by atoms with Crippen molar-refractivity contribution < 1.29 is 0 Å². The number of aromatic nitrogens is 1. The van der Waals surface area contributed by atoms with Gasteiger partial charge in [-0.2, -0.15) is 0 Å². The number of thioether (sulfide) groups is 1. The van der Waals surface area contributed by atoms with Gasteiger partial charge in [0.15, 0.2) is 0 Å². The van der Waals surface area contributed by atoms with Crippen LogP contribution in [-0.2, 0) is 6.42 Å². The Morgan fingerprint density at radius 2 is 2.05 bits per heavy atom. The summed E-state index contributed by atoms with van der Waals surface area (Å²) in [5.41, 5.74) is 3.91. The van der Waals surface area contributed by atoms with E-state index < -0.39 is 0 Å². The van der Waals surface area contributed by atoms with Gasteiger partial charge in [-0.1, -0.05) is 29.8 Å². The molecule has 1 aromatic heterocycles. The van der Waals surface area contributed by atoms with E-state index in [1.165, 1.54) is 4.90 Å². The fourth-order valence-corrected chi connectivity index (χ4v) is 2.87. The molecule has 19 heavy (non-hydrogen) atoms. The second kappa shape index (κ2) is 7.50. The first kappa shape index (κ1) is 14.3. The molecule has 0 radical (unpaired) electrons. The molecule has 2 rings (SSSR count). The van der Waals surface area contributed by atoms with Gasteiger partial charge in [0.05, 0.1) is 5.02 Å². The highest BCUT2D eigenvalue weighted by atomic mass is 35.5. The number of nitrogens with one attached hydrogen (secondary N) is 1. The number of nitrogens with zero attached hydrogens (tertiary/aromatic N) is 1. The Morgan fingerprint density at radius 3 is 2.74 bits per heavy atom. The van der Waals surface area contributed by atoms with Crippen molar-refractivity contribution >= 4 is 23.4 Å². The first-order chi connectivity index (χ1) is 9.29. The first-order valence-electron chi connectivity index (χ1n) is 6.02. The van der Waals surface area contributed by atoms with Gasteiger partial charge in [-0.05, 0) is 30.2 Å². The largest absolute Gasteiger partial charge is 0.271 e. The molecule has 1 atom stereocenters. The summed E-state index contributed by atoms with van der Waals surface area (Å²) >= 11 is 7.88. The van der Waals surface area contributed by atoms with Gasteiger partial charge in [-0.3, -0.25) is 16.3 Å². The zero-order chi connectivity index (χ0) is 13.5. The van der Waals surface area contributed by atoms with Crippen LogP contribution in [0.5, 0.6) is 0 Å². The average Bonchev–Trinajstić information content (AvgIpc) is 2.46. The van der Waals surface area contributed by atoms with Gasteiger partial charge in [-0.25, -0.2) is 0 Å². The fraction of sp³-hybridized carbons (Fsp3) is 0.214. The Morgan fingerprint density at radius 1 is 1.26 bits per heavy atom. The van der Waals surface area contributed by atoms with Gasteiger partial charge in [0, 0.05) is 29.1 Å². The number of hydrogen-bond acceptors (Lipinski definition) is 4. The predicted octanol–water partition coefficient (Wildman–Crippen LogP) is 2.90. The molecular formula is C14H16ClN3S. The molecule has 1 heterocycles. The van der Waals surface area contributed by atoms with Crippen LogP contribution in [0, 0.1) is 0 Å². The minimum absolute atomic E-state index is 0.171. The molecule has 0 spiro atoms. The van der Waals surface area contributed by atoms with Crippen LogP contribution >= 0.6 is 23.4 Å². The molecule has 2 aromatic rings. The Labute approximate surface area is 122 Å². The van der Waals surface area contributed by atoms with Crippen LogP contribution in [0.2, 0.25) is 5.02 Å². The summed E-state index contributed by atoms with van der Waals surface area (Å²) in [7, 11) is 0. The quantitative estimate of drug-likeness (QED) is 0.488. The second-order valence-corrected chi connectivity index (χ2v) is 5.66. The summed E-state index contributed by atoms with van der Waals surface area (Å²) < 4.78 is 0. The van der Waals surface area contributed by atoms with Gasteiger partial charge in [0.2, 0.25) is 0 Å². The highest BCUT2D eigenvalue weighted by Gasteiger charge is 2.10. The molecule has 100 valence electrons. The molecule has 1 aromatic carbocycles. The van der Waals surface area contributed by atoms with Crippen molar-refractivity contribution in [3.63, 3.8) is 0 Å². The van der Waals surface area contributed by atoms with Crippen LogP contribution in [0.4, 0.5) is 0 Å². The highest BCUT2D eigenvalue weighted by Crippen LogP contribution is 2.21. The Hall–Kier alpha value is -1.07. The molecular weight excluding hydrogens is 278 g/mol. The van der Waals surface area contributed by atoms with E-state index in [9.17, 15) is 0 Å². The van der Waals surface area contributed by atoms with Crippen molar-refractivity contribution in [2.75, 3.05) is 5.75 Å². The van der Waals surface area contributed by atoms with E-state index in [2.05, 4.69) is 22.5 Å². The van der Waals surface area contributed by atoms with Crippen molar-refractivity contribution in [1.29, 1.82) is 0 Å². The maximum atomic E-state index is 6.10. The third-order valence-electron chi connectivity index (χ3n) is 2.75. The maximum absolute atomic E-state index is 6.10. The van der Waals surface area contributed by atoms with Gasteiger partial charge in [0.25, 0.3) is 0 Å². The number of hydrazine groups is 1. The summed E-state index contributed by atoms with van der Waals surface area (Å²) in [5.74, 6) is 6.50. The molecule has 0 aliphatic heterocycles. The lowest BCUT2D eigenvalue weighted by Crippen LogP contribution is -2.38. The number of pyridine rings is 1. The highest BCUT2D eigenvalue weighted by molar-refractivity contribution is 7.99. The van der Waals surface area contributed by atoms with E-state index in [1.807, 2.05) is 24.3 Å². The molecule has 0 saturated heterocycles. The van der Waals surface area contributed by atoms with E-state index in [-0.39, 0.29) is 6.04 Å². The Balaban J connectivity index is 1.92.